The third kappa shape index (κ3) is 5.96. The van der Waals surface area contributed by atoms with Gasteiger partial charge in [-0.1, -0.05) is 30.3 Å². The summed E-state index contributed by atoms with van der Waals surface area (Å²) in [6, 6.07) is 15.8. The topological polar surface area (TPSA) is 137 Å². The minimum absolute atomic E-state index is 0.0632. The molecule has 35 heavy (non-hydrogen) atoms. The monoisotopic (exact) mass is 508 g/mol. The van der Waals surface area contributed by atoms with Crippen molar-refractivity contribution in [2.75, 3.05) is 0 Å². The summed E-state index contributed by atoms with van der Waals surface area (Å²) in [4.78, 5) is 47.2. The highest BCUT2D eigenvalue weighted by Crippen LogP contribution is 2.23. The van der Waals surface area contributed by atoms with Crippen LogP contribution in [0.5, 0.6) is 5.75 Å². The summed E-state index contributed by atoms with van der Waals surface area (Å²) < 4.78 is 8.63. The van der Waals surface area contributed by atoms with Crippen molar-refractivity contribution < 1.29 is 23.9 Å². The van der Waals surface area contributed by atoms with Gasteiger partial charge in [-0.05, 0) is 48.2 Å². The van der Waals surface area contributed by atoms with Gasteiger partial charge in [0.15, 0.2) is 0 Å². The van der Waals surface area contributed by atoms with Crippen LogP contribution >= 0.6 is 24.0 Å². The number of imide groups is 1. The molecule has 2 N–H and O–H groups in total. The first-order valence-corrected chi connectivity index (χ1v) is 11.2. The number of carbonyl (C=O) groups excluding carboxylic acids is 4. The lowest BCUT2D eigenvalue weighted by atomic mass is 10.2. The smallest absolute Gasteiger partial charge is 0.337 e. The maximum Gasteiger partial charge on any atom is 0.337 e. The standard InChI is InChI=1S/C22H16N6O5S2/c29-18(12-28-22(34)27(13-24-28)15-7-2-1-3-8-15)26-23-11-14-6-4-5-9-16(14)33-19(30)10-17-20(31)25-21(32)35-17/h1-11,13H,12H2,(H,26,29)(H,25,31,32)/b17-10-,23-11+. The summed E-state index contributed by atoms with van der Waals surface area (Å²) in [5.74, 6) is -1.83. The number of benzene rings is 2. The van der Waals surface area contributed by atoms with E-state index >= 15 is 0 Å². The number of hydrogen-bond acceptors (Lipinski definition) is 9. The maximum atomic E-state index is 12.3. The quantitative estimate of drug-likeness (QED) is 0.124. The van der Waals surface area contributed by atoms with Gasteiger partial charge in [-0.3, -0.25) is 24.3 Å². The van der Waals surface area contributed by atoms with Crippen LogP contribution in [-0.2, 0) is 20.9 Å². The van der Waals surface area contributed by atoms with Gasteiger partial charge in [-0.15, -0.1) is 0 Å². The van der Waals surface area contributed by atoms with Crippen molar-refractivity contribution in [1.29, 1.82) is 0 Å². The fourth-order valence-electron chi connectivity index (χ4n) is 2.90. The van der Waals surface area contributed by atoms with E-state index in [0.717, 1.165) is 11.8 Å². The summed E-state index contributed by atoms with van der Waals surface area (Å²) in [6.45, 7) is -0.154. The van der Waals surface area contributed by atoms with Crippen LogP contribution in [0.15, 0.2) is 77.0 Å². The SMILES string of the molecule is O=C(Cn1ncn(-c2ccccc2)c1=S)N/N=C/c1ccccc1OC(=O)/C=C1\SC(=O)NC1=O. The Labute approximate surface area is 207 Å². The second-order valence-corrected chi connectivity index (χ2v) is 8.26. The number of thioether (sulfide) groups is 1. The Kier molecular flexibility index (Phi) is 7.28. The average Bonchev–Trinajstić information content (AvgIpc) is 3.35. The number of carbonyl (C=O) groups is 4. The highest BCUT2D eigenvalue weighted by Gasteiger charge is 2.26. The van der Waals surface area contributed by atoms with Crippen LogP contribution in [-0.4, -0.2) is 43.6 Å². The first kappa shape index (κ1) is 23.8. The molecule has 0 aliphatic carbocycles. The number of rotatable bonds is 7. The molecule has 0 spiro atoms. The van der Waals surface area contributed by atoms with Crippen LogP contribution in [0, 0.1) is 4.77 Å². The third-order valence-corrected chi connectivity index (χ3v) is 5.69. The molecular weight excluding hydrogens is 492 g/mol. The number of hydrogen-bond donors (Lipinski definition) is 2. The minimum Gasteiger partial charge on any atom is -0.423 e. The Morgan fingerprint density at radius 3 is 2.63 bits per heavy atom. The lowest BCUT2D eigenvalue weighted by molar-refractivity contribution is -0.129. The molecule has 1 aromatic heterocycles. The van der Waals surface area contributed by atoms with Gasteiger partial charge < -0.3 is 4.74 Å². The predicted octanol–water partition coefficient (Wildman–Crippen LogP) is 2.33. The Morgan fingerprint density at radius 2 is 1.89 bits per heavy atom. The predicted molar refractivity (Wildman–Crippen MR) is 129 cm³/mol. The van der Waals surface area contributed by atoms with Crippen LogP contribution < -0.4 is 15.5 Å². The molecular formula is C22H16N6O5S2. The fraction of sp³-hybridized carbons (Fsp3) is 0.0455. The van der Waals surface area contributed by atoms with E-state index in [0.29, 0.717) is 22.1 Å². The highest BCUT2D eigenvalue weighted by atomic mass is 32.2. The maximum absolute atomic E-state index is 12.3. The molecule has 13 heteroatoms. The summed E-state index contributed by atoms with van der Waals surface area (Å²) in [5.41, 5.74) is 3.59. The number of para-hydroxylation sites is 2. The van der Waals surface area contributed by atoms with Gasteiger partial charge in [0.25, 0.3) is 17.1 Å². The van der Waals surface area contributed by atoms with E-state index in [1.807, 2.05) is 35.6 Å². The van der Waals surface area contributed by atoms with E-state index in [-0.39, 0.29) is 17.2 Å². The molecule has 3 amide bonds. The number of amides is 3. The lowest BCUT2D eigenvalue weighted by Gasteiger charge is -2.05. The third-order valence-electron chi connectivity index (χ3n) is 4.47. The van der Waals surface area contributed by atoms with Gasteiger partial charge in [0.1, 0.15) is 18.6 Å². The van der Waals surface area contributed by atoms with Crippen molar-refractivity contribution in [3.63, 3.8) is 0 Å². The second-order valence-electron chi connectivity index (χ2n) is 6.88. The average molecular weight is 509 g/mol. The van der Waals surface area contributed by atoms with Crippen LogP contribution in [0.25, 0.3) is 5.69 Å². The van der Waals surface area contributed by atoms with Gasteiger partial charge in [0, 0.05) is 17.3 Å². The normalized spacial score (nSPS) is 14.3. The Hall–Kier alpha value is -4.36. The summed E-state index contributed by atoms with van der Waals surface area (Å²) in [5, 5.41) is 9.53. The summed E-state index contributed by atoms with van der Waals surface area (Å²) in [6.07, 6.45) is 3.76. The number of aromatic nitrogens is 3. The molecule has 0 atom stereocenters. The van der Waals surface area contributed by atoms with E-state index in [1.54, 1.807) is 22.8 Å². The molecule has 2 heterocycles. The van der Waals surface area contributed by atoms with Crippen LogP contribution in [0.2, 0.25) is 0 Å². The van der Waals surface area contributed by atoms with Crippen molar-refractivity contribution >= 4 is 53.2 Å². The number of nitrogens with zero attached hydrogens (tertiary/aromatic N) is 4. The van der Waals surface area contributed by atoms with Crippen molar-refractivity contribution in [2.24, 2.45) is 5.10 Å². The fourth-order valence-corrected chi connectivity index (χ4v) is 3.81. The van der Waals surface area contributed by atoms with Gasteiger partial charge >= 0.3 is 5.97 Å². The minimum atomic E-state index is -0.842. The number of esters is 1. The van der Waals surface area contributed by atoms with Crippen LogP contribution in [0.1, 0.15) is 5.56 Å². The number of ether oxygens (including phenoxy) is 1. The van der Waals surface area contributed by atoms with E-state index < -0.39 is 23.0 Å². The lowest BCUT2D eigenvalue weighted by Crippen LogP contribution is -2.24. The summed E-state index contributed by atoms with van der Waals surface area (Å²) in [7, 11) is 0. The Balaban J connectivity index is 1.38. The molecule has 0 saturated carbocycles. The van der Waals surface area contributed by atoms with Crippen molar-refractivity contribution in [1.82, 2.24) is 25.1 Å². The molecule has 3 aromatic rings. The molecule has 0 bridgehead atoms. The van der Waals surface area contributed by atoms with Gasteiger partial charge in [0.05, 0.1) is 11.1 Å². The van der Waals surface area contributed by atoms with Gasteiger partial charge in [-0.25, -0.2) is 14.9 Å². The van der Waals surface area contributed by atoms with Crippen LogP contribution in [0.4, 0.5) is 4.79 Å². The largest absolute Gasteiger partial charge is 0.423 e. The van der Waals surface area contributed by atoms with E-state index in [9.17, 15) is 19.2 Å². The molecule has 1 fully saturated rings. The molecule has 4 rings (SSSR count). The molecule has 1 saturated heterocycles. The zero-order valence-corrected chi connectivity index (χ0v) is 19.4. The van der Waals surface area contributed by atoms with Crippen molar-refractivity contribution in [3.05, 3.63) is 82.2 Å². The van der Waals surface area contributed by atoms with Gasteiger partial charge in [0.2, 0.25) is 4.77 Å². The molecule has 176 valence electrons. The van der Waals surface area contributed by atoms with Crippen molar-refractivity contribution in [3.8, 4) is 11.4 Å². The molecule has 1 aliphatic rings. The first-order valence-electron chi connectivity index (χ1n) is 9.98. The van der Waals surface area contributed by atoms with E-state index in [2.05, 4.69) is 15.6 Å². The summed E-state index contributed by atoms with van der Waals surface area (Å²) >= 11 is 5.99. The van der Waals surface area contributed by atoms with Gasteiger partial charge in [-0.2, -0.15) is 10.2 Å². The van der Waals surface area contributed by atoms with E-state index in [4.69, 9.17) is 17.0 Å². The zero-order chi connectivity index (χ0) is 24.8. The molecule has 0 radical (unpaired) electrons. The molecule has 1 aliphatic heterocycles. The van der Waals surface area contributed by atoms with Crippen molar-refractivity contribution in [2.45, 2.75) is 6.54 Å². The second kappa shape index (κ2) is 10.7. The number of hydrazone groups is 1. The zero-order valence-electron chi connectivity index (χ0n) is 17.8. The molecule has 11 nitrogen and oxygen atoms in total. The first-order chi connectivity index (χ1) is 16.9. The molecule has 0 unspecified atom stereocenters. The Morgan fingerprint density at radius 1 is 1.14 bits per heavy atom. The number of nitrogens with one attached hydrogen (secondary N) is 2. The molecule has 2 aromatic carbocycles. The highest BCUT2D eigenvalue weighted by molar-refractivity contribution is 8.18. The Bertz CT molecular complexity index is 1430. The van der Waals surface area contributed by atoms with Crippen LogP contribution in [0.3, 0.4) is 0 Å². The van der Waals surface area contributed by atoms with E-state index in [1.165, 1.54) is 23.3 Å².